The van der Waals surface area contributed by atoms with Gasteiger partial charge in [-0.2, -0.15) is 0 Å². The lowest BCUT2D eigenvalue weighted by atomic mass is 10.2. The number of benzene rings is 1. The largest absolute Gasteiger partial charge is 0.348 e. The molecule has 3 N–H and O–H groups in total. The number of rotatable bonds is 5. The SMILES string of the molecule is NCC(F)(F)CNC(=O)Cn1ccc(=O)c2ccccc21. The molecule has 0 fully saturated rings. The number of aromatic nitrogens is 1. The molecule has 0 bridgehead atoms. The average Bonchev–Trinajstić information content (AvgIpc) is 2.48. The van der Waals surface area contributed by atoms with Crippen LogP contribution in [0.15, 0.2) is 41.3 Å². The Hall–Kier alpha value is -2.28. The van der Waals surface area contributed by atoms with Crippen molar-refractivity contribution in [1.82, 2.24) is 9.88 Å². The van der Waals surface area contributed by atoms with Crippen molar-refractivity contribution in [2.45, 2.75) is 12.5 Å². The third kappa shape index (κ3) is 3.63. The van der Waals surface area contributed by atoms with Gasteiger partial charge in [0, 0.05) is 17.6 Å². The van der Waals surface area contributed by atoms with E-state index < -0.39 is 24.9 Å². The number of amides is 1. The molecular weight excluding hydrogens is 280 g/mol. The van der Waals surface area contributed by atoms with Gasteiger partial charge in [0.25, 0.3) is 5.92 Å². The van der Waals surface area contributed by atoms with Gasteiger partial charge in [-0.15, -0.1) is 0 Å². The Balaban J connectivity index is 2.15. The summed E-state index contributed by atoms with van der Waals surface area (Å²) in [5.74, 6) is -3.70. The number of fused-ring (bicyclic) bond motifs is 1. The van der Waals surface area contributed by atoms with Crippen LogP contribution in [0.1, 0.15) is 0 Å². The molecule has 2 rings (SSSR count). The molecule has 0 unspecified atom stereocenters. The Labute approximate surface area is 119 Å². The Bertz CT molecular complexity index is 713. The van der Waals surface area contributed by atoms with Crippen LogP contribution in [0.2, 0.25) is 0 Å². The number of halogens is 2. The van der Waals surface area contributed by atoms with Crippen molar-refractivity contribution in [1.29, 1.82) is 0 Å². The minimum absolute atomic E-state index is 0.151. The summed E-state index contributed by atoms with van der Waals surface area (Å²) in [5, 5.41) is 2.61. The standard InChI is InChI=1S/C14H15F2N3O2/c15-14(16,8-17)9-18-13(21)7-19-6-5-12(20)10-3-1-2-4-11(10)19/h1-6H,7-9,17H2,(H,18,21). The summed E-state index contributed by atoms with van der Waals surface area (Å²) < 4.78 is 27.5. The summed E-state index contributed by atoms with van der Waals surface area (Å²) in [4.78, 5) is 23.4. The van der Waals surface area contributed by atoms with E-state index in [-0.39, 0.29) is 12.0 Å². The maximum atomic E-state index is 13.0. The number of hydrogen-bond donors (Lipinski definition) is 2. The summed E-state index contributed by atoms with van der Waals surface area (Å²) in [5.41, 5.74) is 5.31. The van der Waals surface area contributed by atoms with Gasteiger partial charge in [-0.3, -0.25) is 9.59 Å². The number of alkyl halides is 2. The number of nitrogens with one attached hydrogen (secondary N) is 1. The quantitative estimate of drug-likeness (QED) is 0.853. The molecule has 2 aromatic rings. The number of para-hydroxylation sites is 1. The third-order valence-corrected chi connectivity index (χ3v) is 3.04. The van der Waals surface area contributed by atoms with Crippen molar-refractivity contribution in [3.05, 3.63) is 46.8 Å². The van der Waals surface area contributed by atoms with Crippen LogP contribution in [-0.4, -0.2) is 29.5 Å². The van der Waals surface area contributed by atoms with E-state index in [0.29, 0.717) is 10.9 Å². The van der Waals surface area contributed by atoms with Crippen LogP contribution in [0, 0.1) is 0 Å². The first-order chi connectivity index (χ1) is 9.93. The van der Waals surface area contributed by atoms with Crippen molar-refractivity contribution in [3.8, 4) is 0 Å². The number of pyridine rings is 1. The highest BCUT2D eigenvalue weighted by atomic mass is 19.3. The van der Waals surface area contributed by atoms with Gasteiger partial charge in [-0.05, 0) is 12.1 Å². The summed E-state index contributed by atoms with van der Waals surface area (Å²) in [6.07, 6.45) is 1.46. The molecule has 7 heteroatoms. The van der Waals surface area contributed by atoms with Gasteiger partial charge in [0.05, 0.1) is 18.6 Å². The van der Waals surface area contributed by atoms with Gasteiger partial charge in [-0.25, -0.2) is 8.78 Å². The fourth-order valence-corrected chi connectivity index (χ4v) is 1.91. The molecule has 1 heterocycles. The molecule has 21 heavy (non-hydrogen) atoms. The monoisotopic (exact) mass is 295 g/mol. The highest BCUT2D eigenvalue weighted by Crippen LogP contribution is 2.10. The second-order valence-corrected chi connectivity index (χ2v) is 4.66. The van der Waals surface area contributed by atoms with Crippen molar-refractivity contribution >= 4 is 16.8 Å². The highest BCUT2D eigenvalue weighted by molar-refractivity contribution is 5.82. The minimum Gasteiger partial charge on any atom is -0.348 e. The van der Waals surface area contributed by atoms with Crippen molar-refractivity contribution in [3.63, 3.8) is 0 Å². The topological polar surface area (TPSA) is 77.1 Å². The average molecular weight is 295 g/mol. The lowest BCUT2D eigenvalue weighted by molar-refractivity contribution is -0.123. The van der Waals surface area contributed by atoms with Crippen LogP contribution >= 0.6 is 0 Å². The number of nitrogens with zero attached hydrogens (tertiary/aromatic N) is 1. The second kappa shape index (κ2) is 6.01. The van der Waals surface area contributed by atoms with Crippen LogP contribution in [-0.2, 0) is 11.3 Å². The Morgan fingerprint density at radius 2 is 2.00 bits per heavy atom. The van der Waals surface area contributed by atoms with Crippen LogP contribution in [0.25, 0.3) is 10.9 Å². The van der Waals surface area contributed by atoms with E-state index in [1.165, 1.54) is 16.8 Å². The van der Waals surface area contributed by atoms with E-state index in [9.17, 15) is 18.4 Å². The Morgan fingerprint density at radius 3 is 2.71 bits per heavy atom. The number of hydrogen-bond acceptors (Lipinski definition) is 3. The summed E-state index contributed by atoms with van der Waals surface area (Å²) in [6, 6.07) is 8.13. The zero-order valence-corrected chi connectivity index (χ0v) is 11.2. The molecule has 112 valence electrons. The molecule has 1 aromatic heterocycles. The first-order valence-electron chi connectivity index (χ1n) is 6.36. The lowest BCUT2D eigenvalue weighted by Crippen LogP contribution is -2.42. The van der Waals surface area contributed by atoms with E-state index >= 15 is 0 Å². The number of nitrogens with two attached hydrogens (primary N) is 1. The minimum atomic E-state index is -3.12. The molecule has 0 aliphatic carbocycles. The van der Waals surface area contributed by atoms with Crippen LogP contribution in [0.4, 0.5) is 8.78 Å². The first-order valence-corrected chi connectivity index (χ1v) is 6.36. The lowest BCUT2D eigenvalue weighted by Gasteiger charge is -2.15. The van der Waals surface area contributed by atoms with Gasteiger partial charge in [0.1, 0.15) is 6.54 Å². The Kier molecular flexibility index (Phi) is 4.32. The molecule has 5 nitrogen and oxygen atoms in total. The molecule has 0 radical (unpaired) electrons. The molecule has 0 aliphatic rings. The molecular formula is C14H15F2N3O2. The maximum absolute atomic E-state index is 13.0. The van der Waals surface area contributed by atoms with Crippen LogP contribution < -0.4 is 16.5 Å². The maximum Gasteiger partial charge on any atom is 0.277 e. The number of carbonyl (C=O) groups excluding carboxylic acids is 1. The summed E-state index contributed by atoms with van der Waals surface area (Å²) in [6.45, 7) is -1.78. The second-order valence-electron chi connectivity index (χ2n) is 4.66. The van der Waals surface area contributed by atoms with Gasteiger partial charge >= 0.3 is 0 Å². The summed E-state index contributed by atoms with van der Waals surface area (Å²) >= 11 is 0. The number of carbonyl (C=O) groups is 1. The van der Waals surface area contributed by atoms with E-state index in [0.717, 1.165) is 0 Å². The zero-order valence-electron chi connectivity index (χ0n) is 11.2. The first kappa shape index (κ1) is 15.1. The Morgan fingerprint density at radius 1 is 1.29 bits per heavy atom. The predicted molar refractivity (Wildman–Crippen MR) is 75.2 cm³/mol. The van der Waals surface area contributed by atoms with Gasteiger partial charge < -0.3 is 15.6 Å². The van der Waals surface area contributed by atoms with Gasteiger partial charge in [0.15, 0.2) is 5.43 Å². The normalized spacial score (nSPS) is 11.6. The smallest absolute Gasteiger partial charge is 0.277 e. The van der Waals surface area contributed by atoms with Crippen molar-refractivity contribution in [2.75, 3.05) is 13.1 Å². The van der Waals surface area contributed by atoms with Crippen molar-refractivity contribution in [2.24, 2.45) is 5.73 Å². The van der Waals surface area contributed by atoms with E-state index in [4.69, 9.17) is 5.73 Å². The molecule has 0 aliphatic heterocycles. The van der Waals surface area contributed by atoms with Crippen LogP contribution in [0.3, 0.4) is 0 Å². The molecule has 0 saturated heterocycles. The fraction of sp³-hybridized carbons (Fsp3) is 0.286. The van der Waals surface area contributed by atoms with E-state index in [1.54, 1.807) is 24.3 Å². The molecule has 1 amide bonds. The van der Waals surface area contributed by atoms with E-state index in [2.05, 4.69) is 5.32 Å². The van der Waals surface area contributed by atoms with Gasteiger partial charge in [0.2, 0.25) is 5.91 Å². The summed E-state index contributed by atoms with van der Waals surface area (Å²) in [7, 11) is 0. The molecule has 0 saturated carbocycles. The van der Waals surface area contributed by atoms with E-state index in [1.807, 2.05) is 0 Å². The highest BCUT2D eigenvalue weighted by Gasteiger charge is 2.27. The van der Waals surface area contributed by atoms with Crippen molar-refractivity contribution < 1.29 is 13.6 Å². The molecule has 0 spiro atoms. The van der Waals surface area contributed by atoms with Crippen LogP contribution in [0.5, 0.6) is 0 Å². The fourth-order valence-electron chi connectivity index (χ4n) is 1.91. The molecule has 0 atom stereocenters. The molecule has 1 aromatic carbocycles. The third-order valence-electron chi connectivity index (χ3n) is 3.04. The van der Waals surface area contributed by atoms with Gasteiger partial charge in [-0.1, -0.05) is 12.1 Å². The zero-order chi connectivity index (χ0) is 15.5. The predicted octanol–water partition coefficient (Wildman–Crippen LogP) is 0.712.